The second kappa shape index (κ2) is 6.17. The summed E-state index contributed by atoms with van der Waals surface area (Å²) < 4.78 is 1.09. The molecule has 2 atom stereocenters. The van der Waals surface area contributed by atoms with Gasteiger partial charge < -0.3 is 5.32 Å². The molecule has 0 saturated carbocycles. The highest BCUT2D eigenvalue weighted by atomic mass is 79.9. The Kier molecular flexibility index (Phi) is 5.37. The van der Waals surface area contributed by atoms with Gasteiger partial charge in [-0.15, -0.1) is 11.3 Å². The first-order valence-electron chi connectivity index (χ1n) is 6.01. The van der Waals surface area contributed by atoms with Gasteiger partial charge in [-0.1, -0.05) is 0 Å². The number of rotatable bonds is 4. The molecule has 2 N–H and O–H groups in total. The molecular formula is C13H21BrN2OS. The summed E-state index contributed by atoms with van der Waals surface area (Å²) >= 11 is 5.20. The van der Waals surface area contributed by atoms with E-state index in [0.29, 0.717) is 0 Å². The molecule has 1 amide bonds. The highest BCUT2D eigenvalue weighted by Gasteiger charge is 2.21. The van der Waals surface area contributed by atoms with Crippen LogP contribution in [0.5, 0.6) is 0 Å². The van der Waals surface area contributed by atoms with Crippen molar-refractivity contribution in [1.29, 1.82) is 0 Å². The van der Waals surface area contributed by atoms with E-state index in [-0.39, 0.29) is 23.5 Å². The van der Waals surface area contributed by atoms with Gasteiger partial charge in [-0.3, -0.25) is 10.1 Å². The molecule has 0 fully saturated rings. The van der Waals surface area contributed by atoms with E-state index in [4.69, 9.17) is 0 Å². The Morgan fingerprint density at radius 3 is 2.44 bits per heavy atom. The molecule has 0 aliphatic heterocycles. The molecule has 1 rings (SSSR count). The number of hydrogen-bond acceptors (Lipinski definition) is 3. The molecule has 0 aliphatic rings. The van der Waals surface area contributed by atoms with E-state index in [1.807, 2.05) is 39.1 Å². The largest absolute Gasteiger partial charge is 0.350 e. The standard InChI is InChI=1S/C13H21BrN2OS/c1-8(11-10(14)6-7-18-11)15-9(2)12(17)16-13(3,4)5/h6-9,15H,1-5H3,(H,16,17). The Morgan fingerprint density at radius 1 is 1.39 bits per heavy atom. The van der Waals surface area contributed by atoms with Crippen LogP contribution in [0.15, 0.2) is 15.9 Å². The Bertz CT molecular complexity index is 411. The van der Waals surface area contributed by atoms with E-state index < -0.39 is 0 Å². The van der Waals surface area contributed by atoms with Gasteiger partial charge in [0.25, 0.3) is 0 Å². The highest BCUT2D eigenvalue weighted by molar-refractivity contribution is 9.10. The molecular weight excluding hydrogens is 312 g/mol. The van der Waals surface area contributed by atoms with Crippen molar-refractivity contribution >= 4 is 33.2 Å². The molecule has 5 heteroatoms. The molecule has 0 saturated heterocycles. The lowest BCUT2D eigenvalue weighted by molar-refractivity contribution is -0.124. The average molecular weight is 333 g/mol. The van der Waals surface area contributed by atoms with Crippen molar-refractivity contribution in [2.45, 2.75) is 52.2 Å². The summed E-state index contributed by atoms with van der Waals surface area (Å²) in [5.74, 6) is 0.0297. The maximum atomic E-state index is 12.0. The van der Waals surface area contributed by atoms with Crippen LogP contribution in [0, 0.1) is 0 Å². The predicted molar refractivity (Wildman–Crippen MR) is 80.9 cm³/mol. The SMILES string of the molecule is CC(NC(C)c1sccc1Br)C(=O)NC(C)(C)C. The fourth-order valence-corrected chi connectivity index (χ4v) is 3.35. The summed E-state index contributed by atoms with van der Waals surface area (Å²) in [6, 6.07) is 1.96. The maximum Gasteiger partial charge on any atom is 0.237 e. The Hall–Kier alpha value is -0.390. The number of nitrogens with one attached hydrogen (secondary N) is 2. The Labute approximate surface area is 121 Å². The minimum atomic E-state index is -0.215. The van der Waals surface area contributed by atoms with Crippen LogP contribution < -0.4 is 10.6 Å². The number of carbonyl (C=O) groups is 1. The zero-order chi connectivity index (χ0) is 13.9. The van der Waals surface area contributed by atoms with Gasteiger partial charge in [0.1, 0.15) is 0 Å². The number of hydrogen-bond donors (Lipinski definition) is 2. The van der Waals surface area contributed by atoms with Crippen LogP contribution in [0.25, 0.3) is 0 Å². The molecule has 0 aromatic carbocycles. The monoisotopic (exact) mass is 332 g/mol. The first-order valence-corrected chi connectivity index (χ1v) is 7.69. The minimum Gasteiger partial charge on any atom is -0.350 e. The number of carbonyl (C=O) groups excluding carboxylic acids is 1. The van der Waals surface area contributed by atoms with E-state index in [2.05, 4.69) is 33.5 Å². The van der Waals surface area contributed by atoms with Crippen molar-refractivity contribution in [2.24, 2.45) is 0 Å². The van der Waals surface area contributed by atoms with Crippen LogP contribution in [-0.4, -0.2) is 17.5 Å². The number of amides is 1. The molecule has 3 nitrogen and oxygen atoms in total. The first-order chi connectivity index (χ1) is 8.20. The molecule has 0 aliphatic carbocycles. The van der Waals surface area contributed by atoms with Crippen LogP contribution >= 0.6 is 27.3 Å². The van der Waals surface area contributed by atoms with E-state index in [0.717, 1.165) is 4.47 Å². The van der Waals surface area contributed by atoms with Crippen molar-refractivity contribution in [2.75, 3.05) is 0 Å². The van der Waals surface area contributed by atoms with E-state index >= 15 is 0 Å². The van der Waals surface area contributed by atoms with Crippen LogP contribution in [-0.2, 0) is 4.79 Å². The van der Waals surface area contributed by atoms with Crippen LogP contribution in [0.4, 0.5) is 0 Å². The fraction of sp³-hybridized carbons (Fsp3) is 0.615. The lowest BCUT2D eigenvalue weighted by Crippen LogP contribution is -2.49. The quantitative estimate of drug-likeness (QED) is 0.886. The smallest absolute Gasteiger partial charge is 0.237 e. The molecule has 1 heterocycles. The van der Waals surface area contributed by atoms with Gasteiger partial charge in [0.2, 0.25) is 5.91 Å². The summed E-state index contributed by atoms with van der Waals surface area (Å²) in [4.78, 5) is 13.2. The van der Waals surface area contributed by atoms with E-state index in [9.17, 15) is 4.79 Å². The maximum absolute atomic E-state index is 12.0. The van der Waals surface area contributed by atoms with Crippen molar-refractivity contribution in [3.05, 3.63) is 20.8 Å². The van der Waals surface area contributed by atoms with Crippen molar-refractivity contribution in [3.8, 4) is 0 Å². The van der Waals surface area contributed by atoms with Gasteiger partial charge in [0, 0.05) is 20.9 Å². The molecule has 0 spiro atoms. The summed E-state index contributed by atoms with van der Waals surface area (Å²) in [5.41, 5.74) is -0.195. The minimum absolute atomic E-state index is 0.0297. The Balaban J connectivity index is 2.57. The van der Waals surface area contributed by atoms with Gasteiger partial charge in [0.15, 0.2) is 0 Å². The van der Waals surface area contributed by atoms with Crippen molar-refractivity contribution in [3.63, 3.8) is 0 Å². The van der Waals surface area contributed by atoms with E-state index in [1.165, 1.54) is 4.88 Å². The number of thiophene rings is 1. The van der Waals surface area contributed by atoms with Gasteiger partial charge in [-0.25, -0.2) is 0 Å². The zero-order valence-electron chi connectivity index (χ0n) is 11.5. The molecule has 1 aromatic rings. The van der Waals surface area contributed by atoms with Gasteiger partial charge in [-0.05, 0) is 62.0 Å². The Morgan fingerprint density at radius 2 is 2.00 bits per heavy atom. The molecule has 102 valence electrons. The third-order valence-corrected chi connectivity index (χ3v) is 4.48. The van der Waals surface area contributed by atoms with Crippen LogP contribution in [0.1, 0.15) is 45.5 Å². The second-order valence-electron chi connectivity index (χ2n) is 5.48. The summed E-state index contributed by atoms with van der Waals surface area (Å²) in [6.45, 7) is 9.90. The average Bonchev–Trinajstić information content (AvgIpc) is 2.61. The van der Waals surface area contributed by atoms with Gasteiger partial charge >= 0.3 is 0 Å². The third-order valence-electron chi connectivity index (χ3n) is 2.43. The molecule has 18 heavy (non-hydrogen) atoms. The normalized spacial score (nSPS) is 15.2. The first kappa shape index (κ1) is 15.7. The third kappa shape index (κ3) is 4.71. The highest BCUT2D eigenvalue weighted by Crippen LogP contribution is 2.28. The zero-order valence-corrected chi connectivity index (χ0v) is 13.9. The summed E-state index contributed by atoms with van der Waals surface area (Å²) in [5, 5.41) is 8.33. The predicted octanol–water partition coefficient (Wildman–Crippen LogP) is 3.46. The fourth-order valence-electron chi connectivity index (χ4n) is 1.62. The lowest BCUT2D eigenvalue weighted by atomic mass is 10.1. The summed E-state index contributed by atoms with van der Waals surface area (Å²) in [7, 11) is 0. The molecule has 0 bridgehead atoms. The molecule has 0 radical (unpaired) electrons. The van der Waals surface area contributed by atoms with E-state index in [1.54, 1.807) is 11.3 Å². The summed E-state index contributed by atoms with van der Waals surface area (Å²) in [6.07, 6.45) is 0. The van der Waals surface area contributed by atoms with Crippen molar-refractivity contribution < 1.29 is 4.79 Å². The molecule has 1 aromatic heterocycles. The topological polar surface area (TPSA) is 41.1 Å². The van der Waals surface area contributed by atoms with Crippen LogP contribution in [0.2, 0.25) is 0 Å². The molecule has 2 unspecified atom stereocenters. The van der Waals surface area contributed by atoms with Crippen molar-refractivity contribution in [1.82, 2.24) is 10.6 Å². The lowest BCUT2D eigenvalue weighted by Gasteiger charge is -2.25. The number of halogens is 1. The van der Waals surface area contributed by atoms with Gasteiger partial charge in [-0.2, -0.15) is 0 Å². The van der Waals surface area contributed by atoms with Gasteiger partial charge in [0.05, 0.1) is 6.04 Å². The second-order valence-corrected chi connectivity index (χ2v) is 7.28. The van der Waals surface area contributed by atoms with Crippen LogP contribution in [0.3, 0.4) is 0 Å².